The number of para-hydroxylation sites is 1. The highest BCUT2D eigenvalue weighted by Crippen LogP contribution is 2.33. The summed E-state index contributed by atoms with van der Waals surface area (Å²) in [6, 6.07) is 9.60. The van der Waals surface area contributed by atoms with Crippen LogP contribution >= 0.6 is 23.6 Å². The molecular formula is C16H14N2OS2. The van der Waals surface area contributed by atoms with Crippen molar-refractivity contribution in [2.75, 3.05) is 0 Å². The second kappa shape index (κ2) is 4.93. The molecule has 21 heavy (non-hydrogen) atoms. The fourth-order valence-electron chi connectivity index (χ4n) is 3.05. The summed E-state index contributed by atoms with van der Waals surface area (Å²) in [5.41, 5.74) is 2.07. The topological polar surface area (TPSA) is 37.8 Å². The molecule has 0 atom stereocenters. The van der Waals surface area contributed by atoms with Gasteiger partial charge in [-0.2, -0.15) is 0 Å². The highest BCUT2D eigenvalue weighted by molar-refractivity contribution is 7.71. The minimum Gasteiger partial charge on any atom is -0.323 e. The van der Waals surface area contributed by atoms with Crippen molar-refractivity contribution in [1.82, 2.24) is 9.55 Å². The smallest absolute Gasteiger partial charge is 0.267 e. The fraction of sp³-hybridized carbons (Fsp3) is 0.250. The molecule has 1 aromatic carbocycles. The summed E-state index contributed by atoms with van der Waals surface area (Å²) in [4.78, 5) is 18.5. The number of aromatic nitrogens is 2. The number of benzene rings is 1. The Labute approximate surface area is 130 Å². The van der Waals surface area contributed by atoms with E-state index < -0.39 is 0 Å². The van der Waals surface area contributed by atoms with Crippen LogP contribution in [0.2, 0.25) is 0 Å². The average Bonchev–Trinajstić information content (AvgIpc) is 2.86. The van der Waals surface area contributed by atoms with Gasteiger partial charge in [-0.1, -0.05) is 18.2 Å². The molecule has 2 heterocycles. The van der Waals surface area contributed by atoms with Crippen molar-refractivity contribution < 1.29 is 0 Å². The molecule has 0 saturated carbocycles. The van der Waals surface area contributed by atoms with Crippen LogP contribution in [0.3, 0.4) is 0 Å². The lowest BCUT2D eigenvalue weighted by Gasteiger charge is -2.10. The first-order valence-corrected chi connectivity index (χ1v) is 8.33. The van der Waals surface area contributed by atoms with Gasteiger partial charge in [-0.15, -0.1) is 11.3 Å². The predicted molar refractivity (Wildman–Crippen MR) is 89.2 cm³/mol. The van der Waals surface area contributed by atoms with Gasteiger partial charge in [0.2, 0.25) is 0 Å². The summed E-state index contributed by atoms with van der Waals surface area (Å²) in [5.74, 6) is 0. The molecule has 106 valence electrons. The Morgan fingerprint density at radius 1 is 1.14 bits per heavy atom. The Kier molecular flexibility index (Phi) is 3.05. The van der Waals surface area contributed by atoms with E-state index in [1.807, 2.05) is 30.3 Å². The second-order valence-electron chi connectivity index (χ2n) is 5.32. The Morgan fingerprint density at radius 3 is 2.71 bits per heavy atom. The summed E-state index contributed by atoms with van der Waals surface area (Å²) in [6.45, 7) is 0. The zero-order valence-electron chi connectivity index (χ0n) is 11.4. The number of nitrogens with zero attached hydrogens (tertiary/aromatic N) is 1. The van der Waals surface area contributed by atoms with E-state index >= 15 is 0 Å². The van der Waals surface area contributed by atoms with Gasteiger partial charge in [0.25, 0.3) is 5.56 Å². The molecular weight excluding hydrogens is 300 g/mol. The van der Waals surface area contributed by atoms with E-state index in [0.717, 1.165) is 28.7 Å². The maximum absolute atomic E-state index is 13.0. The number of fused-ring (bicyclic) bond motifs is 3. The Bertz CT molecular complexity index is 935. The third-order valence-corrected chi connectivity index (χ3v) is 5.52. The monoisotopic (exact) mass is 314 g/mol. The molecule has 5 heteroatoms. The van der Waals surface area contributed by atoms with Gasteiger partial charge in [0, 0.05) is 4.88 Å². The van der Waals surface area contributed by atoms with Crippen LogP contribution in [-0.4, -0.2) is 9.55 Å². The minimum absolute atomic E-state index is 0.0133. The van der Waals surface area contributed by atoms with Gasteiger partial charge in [0.05, 0.1) is 11.1 Å². The van der Waals surface area contributed by atoms with E-state index in [1.165, 1.54) is 23.3 Å². The van der Waals surface area contributed by atoms with Crippen LogP contribution in [-0.2, 0) is 12.8 Å². The zero-order chi connectivity index (χ0) is 14.4. The molecule has 3 aromatic rings. The number of H-pyrrole nitrogens is 1. The molecule has 0 spiro atoms. The molecule has 0 unspecified atom stereocenters. The molecule has 0 fully saturated rings. The normalized spacial score (nSPS) is 14.3. The van der Waals surface area contributed by atoms with Gasteiger partial charge < -0.3 is 4.98 Å². The van der Waals surface area contributed by atoms with Crippen molar-refractivity contribution in [3.8, 4) is 5.69 Å². The molecule has 1 N–H and O–H groups in total. The van der Waals surface area contributed by atoms with Crippen LogP contribution in [0.4, 0.5) is 0 Å². The lowest BCUT2D eigenvalue weighted by atomic mass is 9.97. The lowest BCUT2D eigenvalue weighted by Crippen LogP contribution is -2.21. The van der Waals surface area contributed by atoms with E-state index in [1.54, 1.807) is 15.9 Å². The van der Waals surface area contributed by atoms with Crippen molar-refractivity contribution in [2.45, 2.75) is 25.7 Å². The summed E-state index contributed by atoms with van der Waals surface area (Å²) in [6.07, 6.45) is 4.47. The van der Waals surface area contributed by atoms with E-state index in [-0.39, 0.29) is 5.56 Å². The molecule has 2 aromatic heterocycles. The standard InChI is InChI=1S/C16H14N2OS2/c19-15-13-11-8-4-5-9-12(11)21-14(13)17-16(20)18(15)10-6-2-1-3-7-10/h1-3,6-7H,4-5,8-9H2,(H,17,20). The Hall–Kier alpha value is -1.72. The summed E-state index contributed by atoms with van der Waals surface area (Å²) in [5, 5.41) is 0.840. The number of thiophene rings is 1. The molecule has 0 bridgehead atoms. The van der Waals surface area contributed by atoms with Crippen molar-refractivity contribution in [3.63, 3.8) is 0 Å². The van der Waals surface area contributed by atoms with Crippen molar-refractivity contribution in [1.29, 1.82) is 0 Å². The molecule has 0 saturated heterocycles. The third-order valence-electron chi connectivity index (χ3n) is 4.03. The molecule has 0 aliphatic heterocycles. The van der Waals surface area contributed by atoms with Gasteiger partial charge in [-0.05, 0) is 55.6 Å². The zero-order valence-corrected chi connectivity index (χ0v) is 13.0. The SMILES string of the molecule is O=c1c2c3c(sc2[nH]c(=S)n1-c1ccccc1)CCCC3. The van der Waals surface area contributed by atoms with Gasteiger partial charge >= 0.3 is 0 Å². The minimum atomic E-state index is 0.0133. The molecule has 1 aliphatic rings. The summed E-state index contributed by atoms with van der Waals surface area (Å²) >= 11 is 7.10. The molecule has 1 aliphatic carbocycles. The summed E-state index contributed by atoms with van der Waals surface area (Å²) < 4.78 is 2.08. The molecule has 0 radical (unpaired) electrons. The van der Waals surface area contributed by atoms with Gasteiger partial charge in [-0.25, -0.2) is 0 Å². The number of hydrogen-bond acceptors (Lipinski definition) is 3. The van der Waals surface area contributed by atoms with Gasteiger partial charge in [0.15, 0.2) is 4.77 Å². The first-order chi connectivity index (χ1) is 10.3. The largest absolute Gasteiger partial charge is 0.323 e. The van der Waals surface area contributed by atoms with E-state index in [9.17, 15) is 4.79 Å². The first-order valence-electron chi connectivity index (χ1n) is 7.11. The van der Waals surface area contributed by atoms with E-state index in [4.69, 9.17) is 12.2 Å². The Morgan fingerprint density at radius 2 is 1.90 bits per heavy atom. The fourth-order valence-corrected chi connectivity index (χ4v) is 4.68. The number of rotatable bonds is 1. The predicted octanol–water partition coefficient (Wildman–Crippen LogP) is 3.99. The number of aromatic amines is 1. The van der Waals surface area contributed by atoms with Crippen molar-refractivity contribution in [2.24, 2.45) is 0 Å². The molecule has 4 rings (SSSR count). The lowest BCUT2D eigenvalue weighted by molar-refractivity contribution is 0.699. The van der Waals surface area contributed by atoms with Crippen LogP contribution in [0, 0.1) is 4.77 Å². The quantitative estimate of drug-likeness (QED) is 0.690. The second-order valence-corrected chi connectivity index (χ2v) is 6.81. The maximum atomic E-state index is 13.0. The number of hydrogen-bond donors (Lipinski definition) is 1. The maximum Gasteiger partial charge on any atom is 0.267 e. The third kappa shape index (κ3) is 2.00. The van der Waals surface area contributed by atoms with Crippen molar-refractivity contribution in [3.05, 3.63) is 55.9 Å². The van der Waals surface area contributed by atoms with Crippen LogP contribution < -0.4 is 5.56 Å². The van der Waals surface area contributed by atoms with E-state index in [2.05, 4.69) is 4.98 Å². The number of aryl methyl sites for hydroxylation is 2. The molecule has 3 nitrogen and oxygen atoms in total. The molecule has 0 amide bonds. The average molecular weight is 314 g/mol. The van der Waals surface area contributed by atoms with Crippen LogP contribution in [0.1, 0.15) is 23.3 Å². The van der Waals surface area contributed by atoms with Crippen LogP contribution in [0.25, 0.3) is 15.9 Å². The van der Waals surface area contributed by atoms with Crippen molar-refractivity contribution >= 4 is 33.8 Å². The highest BCUT2D eigenvalue weighted by atomic mass is 32.1. The van der Waals surface area contributed by atoms with Gasteiger partial charge in [0.1, 0.15) is 4.83 Å². The first kappa shape index (κ1) is 13.0. The van der Waals surface area contributed by atoms with Crippen LogP contribution in [0.15, 0.2) is 35.1 Å². The summed E-state index contributed by atoms with van der Waals surface area (Å²) in [7, 11) is 0. The number of nitrogens with one attached hydrogen (secondary N) is 1. The van der Waals surface area contributed by atoms with Crippen LogP contribution in [0.5, 0.6) is 0 Å². The Balaban J connectivity index is 2.10. The van der Waals surface area contributed by atoms with E-state index in [0.29, 0.717) is 4.77 Å². The highest BCUT2D eigenvalue weighted by Gasteiger charge is 2.20. The van der Waals surface area contributed by atoms with Gasteiger partial charge in [-0.3, -0.25) is 9.36 Å².